The van der Waals surface area contributed by atoms with Crippen LogP contribution in [-0.2, 0) is 0 Å². The van der Waals surface area contributed by atoms with E-state index < -0.39 is 0 Å². The molecule has 0 saturated heterocycles. The van der Waals surface area contributed by atoms with E-state index in [1.54, 1.807) is 0 Å². The molecule has 0 saturated carbocycles. The molecule has 0 bridgehead atoms. The van der Waals surface area contributed by atoms with Gasteiger partial charge in [0.05, 0.1) is 0 Å². The average Bonchev–Trinajstić information content (AvgIpc) is 2.02. The van der Waals surface area contributed by atoms with Crippen molar-refractivity contribution in [2.24, 2.45) is 10.4 Å². The van der Waals surface area contributed by atoms with E-state index in [1.165, 1.54) is 25.7 Å². The minimum Gasteiger partial charge on any atom is -0.301 e. The van der Waals surface area contributed by atoms with E-state index in [-0.39, 0.29) is 0 Å². The van der Waals surface area contributed by atoms with Crippen LogP contribution in [0.3, 0.4) is 0 Å². The number of hydrogen-bond acceptors (Lipinski definition) is 1. The van der Waals surface area contributed by atoms with Gasteiger partial charge in [-0.15, -0.1) is 0 Å². The van der Waals surface area contributed by atoms with Crippen molar-refractivity contribution < 1.29 is 0 Å². The van der Waals surface area contributed by atoms with Gasteiger partial charge in [-0.25, -0.2) is 0 Å². The molecule has 0 aromatic carbocycles. The quantitative estimate of drug-likeness (QED) is 0.522. The molecule has 0 radical (unpaired) electrons. The van der Waals surface area contributed by atoms with E-state index in [9.17, 15) is 0 Å². The smallest absolute Gasteiger partial charge is 0.0387 e. The van der Waals surface area contributed by atoms with E-state index >= 15 is 0 Å². The molecule has 1 unspecified atom stereocenters. The molecule has 0 amide bonds. The highest BCUT2D eigenvalue weighted by molar-refractivity contribution is 5.23. The third kappa shape index (κ3) is 4.18. The number of rotatable bonds is 6. The molecular weight excluding hydrogens is 134 g/mol. The van der Waals surface area contributed by atoms with Crippen molar-refractivity contribution in [1.29, 1.82) is 0 Å². The van der Waals surface area contributed by atoms with Gasteiger partial charge in [-0.3, -0.25) is 0 Å². The Morgan fingerprint density at radius 1 is 1.27 bits per heavy atom. The van der Waals surface area contributed by atoms with Gasteiger partial charge in [0.1, 0.15) is 0 Å². The molecule has 0 spiro atoms. The number of hydrogen-bond donors (Lipinski definition) is 0. The van der Waals surface area contributed by atoms with Crippen LogP contribution in [0.5, 0.6) is 0 Å². The van der Waals surface area contributed by atoms with E-state index in [0.29, 0.717) is 5.41 Å². The largest absolute Gasteiger partial charge is 0.301 e. The molecule has 0 aliphatic heterocycles. The second-order valence-corrected chi connectivity index (χ2v) is 3.61. The Morgan fingerprint density at radius 2 is 1.91 bits per heavy atom. The zero-order valence-electron chi connectivity index (χ0n) is 8.19. The van der Waals surface area contributed by atoms with Crippen molar-refractivity contribution in [2.75, 3.05) is 6.54 Å². The lowest BCUT2D eigenvalue weighted by molar-refractivity contribution is 0.263. The molecule has 0 aromatic rings. The Balaban J connectivity index is 3.76. The van der Waals surface area contributed by atoms with Crippen LogP contribution in [-0.4, -0.2) is 13.3 Å². The maximum Gasteiger partial charge on any atom is 0.0387 e. The lowest BCUT2D eigenvalue weighted by Crippen LogP contribution is -2.15. The summed E-state index contributed by atoms with van der Waals surface area (Å²) < 4.78 is 0. The fourth-order valence-corrected chi connectivity index (χ4v) is 1.43. The van der Waals surface area contributed by atoms with Crippen molar-refractivity contribution in [3.63, 3.8) is 0 Å². The normalized spacial score (nSPS) is 15.9. The minimum atomic E-state index is 0.510. The van der Waals surface area contributed by atoms with Gasteiger partial charge >= 0.3 is 0 Å². The minimum absolute atomic E-state index is 0.510. The first kappa shape index (κ1) is 10.7. The molecule has 1 nitrogen and oxygen atoms in total. The topological polar surface area (TPSA) is 12.4 Å². The fourth-order valence-electron chi connectivity index (χ4n) is 1.43. The van der Waals surface area contributed by atoms with Gasteiger partial charge in [-0.1, -0.05) is 33.6 Å². The van der Waals surface area contributed by atoms with Gasteiger partial charge in [0.25, 0.3) is 0 Å². The van der Waals surface area contributed by atoms with Crippen LogP contribution in [0.4, 0.5) is 0 Å². The molecule has 66 valence electrons. The van der Waals surface area contributed by atoms with Crippen LogP contribution >= 0.6 is 0 Å². The number of aliphatic imine (C=N–C) groups is 1. The Bertz CT molecular complexity index is 109. The standard InChI is InChI=1S/C10H21N/c1-5-7-10(3,6-2)8-9-11-4/h4-9H2,1-3H3. The predicted molar refractivity (Wildman–Crippen MR) is 52.3 cm³/mol. The van der Waals surface area contributed by atoms with E-state index in [1.807, 2.05) is 0 Å². The summed E-state index contributed by atoms with van der Waals surface area (Å²) >= 11 is 0. The lowest BCUT2D eigenvalue weighted by Gasteiger charge is -2.26. The van der Waals surface area contributed by atoms with Gasteiger partial charge < -0.3 is 4.99 Å². The fraction of sp³-hybridized carbons (Fsp3) is 0.900. The first-order chi connectivity index (χ1) is 5.18. The van der Waals surface area contributed by atoms with Crippen LogP contribution in [0.25, 0.3) is 0 Å². The van der Waals surface area contributed by atoms with Crippen LogP contribution in [0, 0.1) is 5.41 Å². The molecule has 0 aromatic heterocycles. The first-order valence-corrected chi connectivity index (χ1v) is 4.61. The summed E-state index contributed by atoms with van der Waals surface area (Å²) in [6, 6.07) is 0. The molecule has 0 rings (SSSR count). The Kier molecular flexibility index (Phi) is 5.18. The number of nitrogens with zero attached hydrogens (tertiary/aromatic N) is 1. The third-order valence-corrected chi connectivity index (χ3v) is 2.58. The Morgan fingerprint density at radius 3 is 2.27 bits per heavy atom. The van der Waals surface area contributed by atoms with Gasteiger partial charge in [-0.05, 0) is 25.0 Å². The molecule has 11 heavy (non-hydrogen) atoms. The van der Waals surface area contributed by atoms with Crippen molar-refractivity contribution in [3.05, 3.63) is 0 Å². The van der Waals surface area contributed by atoms with Crippen molar-refractivity contribution in [2.45, 2.75) is 46.5 Å². The van der Waals surface area contributed by atoms with Gasteiger partial charge in [0.2, 0.25) is 0 Å². The molecule has 0 N–H and O–H groups in total. The summed E-state index contributed by atoms with van der Waals surface area (Å²) in [5.74, 6) is 0. The molecule has 0 heterocycles. The second kappa shape index (κ2) is 5.34. The summed E-state index contributed by atoms with van der Waals surface area (Å²) in [7, 11) is 0. The highest BCUT2D eigenvalue weighted by Gasteiger charge is 2.19. The van der Waals surface area contributed by atoms with Gasteiger partial charge in [0, 0.05) is 6.54 Å². The molecule has 1 atom stereocenters. The zero-order valence-corrected chi connectivity index (χ0v) is 8.19. The molecule has 1 heteroatoms. The third-order valence-electron chi connectivity index (χ3n) is 2.58. The zero-order chi connectivity index (χ0) is 8.74. The van der Waals surface area contributed by atoms with E-state index in [0.717, 1.165) is 6.54 Å². The van der Waals surface area contributed by atoms with E-state index in [2.05, 4.69) is 32.5 Å². The van der Waals surface area contributed by atoms with Crippen molar-refractivity contribution >= 4 is 6.72 Å². The first-order valence-electron chi connectivity index (χ1n) is 4.61. The summed E-state index contributed by atoms with van der Waals surface area (Å²) in [5.41, 5.74) is 0.510. The SMILES string of the molecule is C=NCCC(C)(CC)CCC. The molecule has 0 aliphatic carbocycles. The Labute approximate surface area is 70.9 Å². The predicted octanol–water partition coefficient (Wildman–Crippen LogP) is 3.29. The molecule has 0 aliphatic rings. The van der Waals surface area contributed by atoms with Crippen LogP contribution in [0.2, 0.25) is 0 Å². The average molecular weight is 155 g/mol. The van der Waals surface area contributed by atoms with Crippen LogP contribution in [0.15, 0.2) is 4.99 Å². The molecule has 0 fully saturated rings. The lowest BCUT2D eigenvalue weighted by atomic mass is 9.80. The van der Waals surface area contributed by atoms with Crippen LogP contribution in [0.1, 0.15) is 46.5 Å². The van der Waals surface area contributed by atoms with Gasteiger partial charge in [0.15, 0.2) is 0 Å². The summed E-state index contributed by atoms with van der Waals surface area (Å²) in [6.07, 6.45) is 5.05. The summed E-state index contributed by atoms with van der Waals surface area (Å²) in [4.78, 5) is 3.90. The summed E-state index contributed by atoms with van der Waals surface area (Å²) in [6.45, 7) is 11.3. The maximum absolute atomic E-state index is 3.90. The van der Waals surface area contributed by atoms with Crippen molar-refractivity contribution in [3.8, 4) is 0 Å². The van der Waals surface area contributed by atoms with Crippen molar-refractivity contribution in [1.82, 2.24) is 0 Å². The molecular formula is C10H21N. The highest BCUT2D eigenvalue weighted by Crippen LogP contribution is 2.30. The summed E-state index contributed by atoms with van der Waals surface area (Å²) in [5, 5.41) is 0. The Hall–Kier alpha value is -0.330. The maximum atomic E-state index is 3.90. The van der Waals surface area contributed by atoms with E-state index in [4.69, 9.17) is 0 Å². The second-order valence-electron chi connectivity index (χ2n) is 3.61. The van der Waals surface area contributed by atoms with Gasteiger partial charge in [-0.2, -0.15) is 0 Å². The monoisotopic (exact) mass is 155 g/mol. The highest BCUT2D eigenvalue weighted by atomic mass is 14.7. The van der Waals surface area contributed by atoms with Crippen LogP contribution < -0.4 is 0 Å².